The van der Waals surface area contributed by atoms with Crippen LogP contribution in [0.15, 0.2) is 38.6 Å². The van der Waals surface area contributed by atoms with Crippen molar-refractivity contribution in [1.29, 1.82) is 0 Å². The number of likely N-dealkylation sites (tertiary alicyclic amines) is 1. The Kier molecular flexibility index (Phi) is 8.47. The molecule has 2 aromatic rings. The molecule has 3 heterocycles. The minimum Gasteiger partial charge on any atom is -0.438 e. The molecule has 1 saturated heterocycles. The highest BCUT2D eigenvalue weighted by atomic mass is 79.9. The van der Waals surface area contributed by atoms with Crippen molar-refractivity contribution in [3.8, 4) is 0 Å². The predicted octanol–water partition coefficient (Wildman–Crippen LogP) is 6.21. The summed E-state index contributed by atoms with van der Waals surface area (Å²) in [5.74, 6) is 0.483. The number of hydrogen-bond acceptors (Lipinski definition) is 5. The lowest BCUT2D eigenvalue weighted by molar-refractivity contribution is -0.125. The van der Waals surface area contributed by atoms with Crippen LogP contribution in [0.2, 0.25) is 0 Å². The molecule has 34 heavy (non-hydrogen) atoms. The molecule has 1 unspecified atom stereocenters. The first-order valence-corrected chi connectivity index (χ1v) is 14.0. The van der Waals surface area contributed by atoms with Gasteiger partial charge in [0.15, 0.2) is 11.9 Å². The van der Waals surface area contributed by atoms with E-state index in [2.05, 4.69) is 37.2 Å². The van der Waals surface area contributed by atoms with Gasteiger partial charge < -0.3 is 15.0 Å². The van der Waals surface area contributed by atoms with E-state index in [0.717, 1.165) is 52.3 Å². The second-order valence-corrected chi connectivity index (χ2v) is 11.8. The van der Waals surface area contributed by atoms with Gasteiger partial charge in [0.25, 0.3) is 0 Å². The molecule has 4 rings (SSSR count). The summed E-state index contributed by atoms with van der Waals surface area (Å²) in [6.45, 7) is 2.69. The Morgan fingerprint density at radius 1 is 1.18 bits per heavy atom. The second kappa shape index (κ2) is 11.4. The average Bonchev–Trinajstić information content (AvgIpc) is 3.26. The summed E-state index contributed by atoms with van der Waals surface area (Å²) in [6.07, 6.45) is 3.57. The number of fused-ring (bicyclic) bond motifs is 1. The molecular formula is C25H28Br2N2O4S. The number of nitrogens with zero attached hydrogens (tertiary/aromatic N) is 1. The second-order valence-electron chi connectivity index (χ2n) is 9.09. The zero-order valence-electron chi connectivity index (χ0n) is 19.0. The van der Waals surface area contributed by atoms with Crippen LogP contribution in [-0.2, 0) is 27.2 Å². The quantitative estimate of drug-likeness (QED) is 0.404. The lowest BCUT2D eigenvalue weighted by Crippen LogP contribution is -2.42. The number of thiophene rings is 1. The van der Waals surface area contributed by atoms with Gasteiger partial charge in [-0.1, -0.05) is 6.07 Å². The van der Waals surface area contributed by atoms with Gasteiger partial charge in [-0.3, -0.25) is 9.59 Å². The summed E-state index contributed by atoms with van der Waals surface area (Å²) in [5, 5.41) is 5.04. The number of rotatable bonds is 7. The molecule has 1 N–H and O–H groups in total. The van der Waals surface area contributed by atoms with Crippen molar-refractivity contribution in [2.45, 2.75) is 51.6 Å². The third-order valence-corrected chi connectivity index (χ3v) is 9.53. The van der Waals surface area contributed by atoms with Crippen molar-refractivity contribution in [2.75, 3.05) is 18.4 Å². The van der Waals surface area contributed by atoms with Crippen LogP contribution < -0.4 is 5.32 Å². The number of carbonyl (C=O) groups excluding carboxylic acids is 3. The zero-order chi connectivity index (χ0) is 24.2. The predicted molar refractivity (Wildman–Crippen MR) is 140 cm³/mol. The van der Waals surface area contributed by atoms with Gasteiger partial charge in [-0.15, -0.1) is 11.3 Å². The number of ketones is 1. The molecule has 0 radical (unpaired) electrons. The number of amides is 2. The van der Waals surface area contributed by atoms with Crippen LogP contribution >= 0.6 is 43.2 Å². The number of anilines is 1. The fourth-order valence-electron chi connectivity index (χ4n) is 4.58. The van der Waals surface area contributed by atoms with E-state index in [-0.39, 0.29) is 17.6 Å². The third kappa shape index (κ3) is 6.29. The van der Waals surface area contributed by atoms with Crippen LogP contribution in [0.25, 0.3) is 0 Å². The number of benzene rings is 1. The number of Topliss-reactive ketones (excluding diaryl/α,β-unsaturated/α-hetero) is 1. The number of halogens is 2. The fraction of sp³-hybridized carbons (Fsp3) is 0.480. The van der Waals surface area contributed by atoms with Gasteiger partial charge in [-0.2, -0.15) is 0 Å². The van der Waals surface area contributed by atoms with Crippen molar-refractivity contribution in [3.05, 3.63) is 49.0 Å². The summed E-state index contributed by atoms with van der Waals surface area (Å²) in [4.78, 5) is 40.2. The topological polar surface area (TPSA) is 75.7 Å². The molecule has 9 heteroatoms. The van der Waals surface area contributed by atoms with Crippen LogP contribution in [0.3, 0.4) is 0 Å². The molecule has 1 fully saturated rings. The van der Waals surface area contributed by atoms with Gasteiger partial charge in [0.05, 0.1) is 5.69 Å². The highest BCUT2D eigenvalue weighted by Gasteiger charge is 2.30. The third-order valence-electron chi connectivity index (χ3n) is 6.70. The molecule has 2 aliphatic heterocycles. The van der Waals surface area contributed by atoms with Gasteiger partial charge in [0.1, 0.15) is 0 Å². The van der Waals surface area contributed by atoms with E-state index >= 15 is 0 Å². The first kappa shape index (κ1) is 25.4. The van der Waals surface area contributed by atoms with E-state index < -0.39 is 12.2 Å². The Morgan fingerprint density at radius 3 is 2.65 bits per heavy atom. The van der Waals surface area contributed by atoms with Crippen molar-refractivity contribution in [2.24, 2.45) is 11.8 Å². The minimum atomic E-state index is -0.801. The van der Waals surface area contributed by atoms with Crippen molar-refractivity contribution in [3.63, 3.8) is 0 Å². The molecule has 0 bridgehead atoms. The van der Waals surface area contributed by atoms with Gasteiger partial charge in [-0.25, -0.2) is 4.79 Å². The summed E-state index contributed by atoms with van der Waals surface area (Å²) >= 11 is 8.61. The van der Waals surface area contributed by atoms with Gasteiger partial charge >= 0.3 is 6.09 Å². The van der Waals surface area contributed by atoms with Gasteiger partial charge in [0, 0.05) is 39.3 Å². The molecule has 6 nitrogen and oxygen atoms in total. The number of carbonyl (C=O) groups is 3. The summed E-state index contributed by atoms with van der Waals surface area (Å²) in [5.41, 5.74) is 1.89. The van der Waals surface area contributed by atoms with Crippen LogP contribution in [-0.4, -0.2) is 41.9 Å². The highest BCUT2D eigenvalue weighted by Crippen LogP contribution is 2.34. The summed E-state index contributed by atoms with van der Waals surface area (Å²) < 4.78 is 7.43. The van der Waals surface area contributed by atoms with Crippen molar-refractivity contribution in [1.82, 2.24) is 4.90 Å². The Hall–Kier alpha value is -1.71. The summed E-state index contributed by atoms with van der Waals surface area (Å²) in [7, 11) is 0. The Balaban J connectivity index is 1.23. The highest BCUT2D eigenvalue weighted by molar-refractivity contribution is 9.13. The van der Waals surface area contributed by atoms with Crippen LogP contribution in [0.4, 0.5) is 10.5 Å². The number of piperidine rings is 1. The smallest absolute Gasteiger partial charge is 0.410 e. The monoisotopic (exact) mass is 610 g/mol. The maximum absolute atomic E-state index is 12.8. The fourth-order valence-corrected chi connectivity index (χ4v) is 6.17. The van der Waals surface area contributed by atoms with Gasteiger partial charge in [0.2, 0.25) is 5.91 Å². The van der Waals surface area contributed by atoms with E-state index in [1.54, 1.807) is 16.2 Å². The zero-order valence-corrected chi connectivity index (χ0v) is 23.0. The van der Waals surface area contributed by atoms with E-state index in [0.29, 0.717) is 25.4 Å². The normalized spacial score (nSPS) is 19.3. The number of ether oxygens (including phenoxy) is 1. The first-order chi connectivity index (χ1) is 16.3. The van der Waals surface area contributed by atoms with E-state index in [1.165, 1.54) is 11.8 Å². The lowest BCUT2D eigenvalue weighted by atomic mass is 9.86. The SMILES string of the molecule is CC(=O)[C@@H](Cc1ccc(Br)c(Br)c1)OC(=O)N1CCC(CCC2Cc3sccc3NC2=O)CC1. The van der Waals surface area contributed by atoms with Crippen LogP contribution in [0, 0.1) is 11.8 Å². The molecular weight excluding hydrogens is 584 g/mol. The molecule has 0 saturated carbocycles. The first-order valence-electron chi connectivity index (χ1n) is 11.6. The Bertz CT molecular complexity index is 1060. The molecule has 0 spiro atoms. The standard InChI is InChI=1S/C25H28Br2N2O4S/c1-15(30)22(13-17-3-5-19(26)20(27)12-17)33-25(32)29-9-6-16(7-10-29)2-4-18-14-23-21(8-11-34-23)28-24(18)31/h3,5,8,11-12,16,18,22H,2,4,6-7,9-10,13-14H2,1H3,(H,28,31)/t18?,22-/m1/s1. The lowest BCUT2D eigenvalue weighted by Gasteiger charge is -2.33. The maximum atomic E-state index is 12.8. The molecule has 1 aromatic heterocycles. The van der Waals surface area contributed by atoms with E-state index in [4.69, 9.17) is 4.74 Å². The van der Waals surface area contributed by atoms with Crippen molar-refractivity contribution >= 4 is 66.7 Å². The molecule has 182 valence electrons. The van der Waals surface area contributed by atoms with Crippen LogP contribution in [0.5, 0.6) is 0 Å². The van der Waals surface area contributed by atoms with Crippen molar-refractivity contribution < 1.29 is 19.1 Å². The van der Waals surface area contributed by atoms with Gasteiger partial charge in [-0.05, 0) is 106 Å². The Labute approximate surface area is 220 Å². The average molecular weight is 612 g/mol. The minimum absolute atomic E-state index is 0.0316. The largest absolute Gasteiger partial charge is 0.438 e. The maximum Gasteiger partial charge on any atom is 0.410 e. The molecule has 1 aromatic carbocycles. The molecule has 2 atom stereocenters. The number of nitrogens with one attached hydrogen (secondary N) is 1. The Morgan fingerprint density at radius 2 is 1.94 bits per heavy atom. The molecule has 0 aliphatic carbocycles. The molecule has 2 aliphatic rings. The molecule has 2 amide bonds. The number of hydrogen-bond donors (Lipinski definition) is 1. The van der Waals surface area contributed by atoms with E-state index in [1.807, 2.05) is 29.6 Å². The van der Waals surface area contributed by atoms with E-state index in [9.17, 15) is 14.4 Å². The van der Waals surface area contributed by atoms with Crippen LogP contribution in [0.1, 0.15) is 43.0 Å². The summed E-state index contributed by atoms with van der Waals surface area (Å²) in [6, 6.07) is 7.71.